The average molecular weight is 276 g/mol. The second kappa shape index (κ2) is 5.81. The highest BCUT2D eigenvalue weighted by Crippen LogP contribution is 2.33. The molecule has 5 heteroatoms. The van der Waals surface area contributed by atoms with Crippen LogP contribution in [-0.2, 0) is 9.53 Å². The molecule has 0 radical (unpaired) electrons. The van der Waals surface area contributed by atoms with E-state index in [1.807, 2.05) is 25.2 Å². The molecule has 5 nitrogen and oxygen atoms in total. The molecule has 0 spiro atoms. The van der Waals surface area contributed by atoms with Crippen molar-refractivity contribution < 1.29 is 14.3 Å². The van der Waals surface area contributed by atoms with Gasteiger partial charge in [-0.1, -0.05) is 6.07 Å². The number of fused-ring (bicyclic) bond motifs is 1. The fourth-order valence-electron chi connectivity index (χ4n) is 2.89. The first-order chi connectivity index (χ1) is 9.78. The minimum absolute atomic E-state index is 0.0908. The molecule has 0 aliphatic carbocycles. The van der Waals surface area contributed by atoms with E-state index in [1.165, 1.54) is 6.42 Å². The average Bonchev–Trinajstić information content (AvgIpc) is 2.49. The number of nitrogens with one attached hydrogen (secondary N) is 2. The second-order valence-corrected chi connectivity index (χ2v) is 5.26. The Balaban J connectivity index is 1.84. The molecular weight excluding hydrogens is 256 g/mol. The molecule has 108 valence electrons. The molecule has 0 aromatic heterocycles. The third-order valence-corrected chi connectivity index (χ3v) is 3.89. The monoisotopic (exact) mass is 276 g/mol. The van der Waals surface area contributed by atoms with Crippen LogP contribution in [0.2, 0.25) is 0 Å². The lowest BCUT2D eigenvalue weighted by atomic mass is 9.95. The summed E-state index contributed by atoms with van der Waals surface area (Å²) in [4.78, 5) is 11.4. The van der Waals surface area contributed by atoms with Gasteiger partial charge in [-0.15, -0.1) is 0 Å². The zero-order chi connectivity index (χ0) is 13.9. The van der Waals surface area contributed by atoms with E-state index in [0.717, 1.165) is 36.4 Å². The first-order valence-electron chi connectivity index (χ1n) is 7.13. The van der Waals surface area contributed by atoms with Gasteiger partial charge in [-0.25, -0.2) is 0 Å². The first kappa shape index (κ1) is 13.4. The van der Waals surface area contributed by atoms with Crippen molar-refractivity contribution in [1.29, 1.82) is 0 Å². The maximum absolute atomic E-state index is 11.4. The van der Waals surface area contributed by atoms with Crippen LogP contribution < -0.4 is 15.4 Å². The molecule has 1 saturated heterocycles. The Morgan fingerprint density at radius 3 is 3.05 bits per heavy atom. The molecule has 2 heterocycles. The fraction of sp³-hybridized carbons (Fsp3) is 0.533. The van der Waals surface area contributed by atoms with E-state index < -0.39 is 0 Å². The van der Waals surface area contributed by atoms with Crippen LogP contribution in [0.3, 0.4) is 0 Å². The van der Waals surface area contributed by atoms with Crippen molar-refractivity contribution >= 4 is 11.6 Å². The number of anilines is 1. The van der Waals surface area contributed by atoms with Crippen LogP contribution in [0.5, 0.6) is 5.75 Å². The maximum Gasteiger partial charge on any atom is 0.262 e. The number of amides is 1. The Labute approximate surface area is 118 Å². The van der Waals surface area contributed by atoms with Gasteiger partial charge in [0.25, 0.3) is 5.91 Å². The lowest BCUT2D eigenvalue weighted by Gasteiger charge is -2.31. The lowest BCUT2D eigenvalue weighted by molar-refractivity contribution is -0.118. The number of hydrogen-bond donors (Lipinski definition) is 2. The van der Waals surface area contributed by atoms with E-state index in [4.69, 9.17) is 9.47 Å². The standard InChI is InChI=1S/C15H20N2O3/c1-16-15(13-4-2-3-7-19-13)10-5-6-12-11(8-10)17-14(18)9-20-12/h5-6,8,13,15-16H,2-4,7,9H2,1H3,(H,17,18). The molecule has 2 atom stereocenters. The van der Waals surface area contributed by atoms with E-state index in [-0.39, 0.29) is 24.7 Å². The van der Waals surface area contributed by atoms with Crippen LogP contribution in [-0.4, -0.2) is 32.3 Å². The number of rotatable bonds is 3. The van der Waals surface area contributed by atoms with Gasteiger partial charge >= 0.3 is 0 Å². The summed E-state index contributed by atoms with van der Waals surface area (Å²) in [6, 6.07) is 6.07. The number of likely N-dealkylation sites (N-methyl/N-ethyl adjacent to an activating group) is 1. The summed E-state index contributed by atoms with van der Waals surface area (Å²) in [5.74, 6) is 0.623. The molecule has 3 rings (SSSR count). The number of benzene rings is 1. The molecule has 1 aromatic rings. The van der Waals surface area contributed by atoms with Crippen LogP contribution in [0.25, 0.3) is 0 Å². The molecule has 2 unspecified atom stereocenters. The van der Waals surface area contributed by atoms with Gasteiger partial charge in [0, 0.05) is 6.61 Å². The first-order valence-corrected chi connectivity index (χ1v) is 7.13. The molecule has 2 aliphatic heterocycles. The number of ether oxygens (including phenoxy) is 2. The van der Waals surface area contributed by atoms with E-state index in [2.05, 4.69) is 10.6 Å². The highest BCUT2D eigenvalue weighted by atomic mass is 16.5. The molecule has 1 amide bonds. The van der Waals surface area contributed by atoms with Crippen LogP contribution in [0.15, 0.2) is 18.2 Å². The van der Waals surface area contributed by atoms with Crippen molar-refractivity contribution in [3.05, 3.63) is 23.8 Å². The van der Waals surface area contributed by atoms with Crippen molar-refractivity contribution in [3.63, 3.8) is 0 Å². The highest BCUT2D eigenvalue weighted by Gasteiger charge is 2.26. The van der Waals surface area contributed by atoms with Gasteiger partial charge in [0.15, 0.2) is 6.61 Å². The summed E-state index contributed by atoms with van der Waals surface area (Å²) in [6.07, 6.45) is 3.59. The van der Waals surface area contributed by atoms with Crippen molar-refractivity contribution in [2.45, 2.75) is 31.4 Å². The van der Waals surface area contributed by atoms with Crippen molar-refractivity contribution in [2.24, 2.45) is 0 Å². The minimum Gasteiger partial charge on any atom is -0.482 e. The molecule has 2 N–H and O–H groups in total. The topological polar surface area (TPSA) is 59.6 Å². The Bertz CT molecular complexity index is 498. The molecule has 1 fully saturated rings. The van der Waals surface area contributed by atoms with Gasteiger partial charge < -0.3 is 20.1 Å². The molecule has 0 bridgehead atoms. The maximum atomic E-state index is 11.4. The molecule has 1 aromatic carbocycles. The van der Waals surface area contributed by atoms with Crippen molar-refractivity contribution in [3.8, 4) is 5.75 Å². The van der Waals surface area contributed by atoms with Crippen LogP contribution in [0.4, 0.5) is 5.69 Å². The van der Waals surface area contributed by atoms with Crippen LogP contribution >= 0.6 is 0 Å². The van der Waals surface area contributed by atoms with Gasteiger partial charge in [-0.2, -0.15) is 0 Å². The summed E-state index contributed by atoms with van der Waals surface area (Å²) >= 11 is 0. The Morgan fingerprint density at radius 2 is 2.30 bits per heavy atom. The van der Waals surface area contributed by atoms with E-state index in [0.29, 0.717) is 0 Å². The van der Waals surface area contributed by atoms with Gasteiger partial charge in [0.2, 0.25) is 0 Å². The SMILES string of the molecule is CNC(c1ccc2c(c1)NC(=O)CO2)C1CCCCO1. The summed E-state index contributed by atoms with van der Waals surface area (Å²) in [5, 5.41) is 6.18. The summed E-state index contributed by atoms with van der Waals surface area (Å²) < 4.78 is 11.3. The summed E-state index contributed by atoms with van der Waals surface area (Å²) in [6.45, 7) is 0.918. The summed E-state index contributed by atoms with van der Waals surface area (Å²) in [7, 11) is 1.94. The van der Waals surface area contributed by atoms with Gasteiger partial charge in [0.1, 0.15) is 5.75 Å². The van der Waals surface area contributed by atoms with Gasteiger partial charge in [-0.05, 0) is 44.0 Å². The minimum atomic E-state index is -0.107. The normalized spacial score (nSPS) is 23.4. The van der Waals surface area contributed by atoms with E-state index in [9.17, 15) is 4.79 Å². The molecule has 0 saturated carbocycles. The molecule has 2 aliphatic rings. The van der Waals surface area contributed by atoms with Crippen LogP contribution in [0.1, 0.15) is 30.9 Å². The fourth-order valence-corrected chi connectivity index (χ4v) is 2.89. The van der Waals surface area contributed by atoms with Gasteiger partial charge in [0.05, 0.1) is 17.8 Å². The second-order valence-electron chi connectivity index (χ2n) is 5.26. The Kier molecular flexibility index (Phi) is 3.89. The quantitative estimate of drug-likeness (QED) is 0.884. The van der Waals surface area contributed by atoms with Crippen LogP contribution in [0, 0.1) is 0 Å². The number of carbonyl (C=O) groups excluding carboxylic acids is 1. The smallest absolute Gasteiger partial charge is 0.262 e. The lowest BCUT2D eigenvalue weighted by Crippen LogP contribution is -2.34. The number of hydrogen-bond acceptors (Lipinski definition) is 4. The number of carbonyl (C=O) groups is 1. The van der Waals surface area contributed by atoms with Gasteiger partial charge in [-0.3, -0.25) is 4.79 Å². The van der Waals surface area contributed by atoms with E-state index in [1.54, 1.807) is 0 Å². The molecular formula is C15H20N2O3. The molecule has 20 heavy (non-hydrogen) atoms. The third kappa shape index (κ3) is 2.64. The zero-order valence-electron chi connectivity index (χ0n) is 11.6. The highest BCUT2D eigenvalue weighted by molar-refractivity contribution is 5.95. The predicted octanol–water partition coefficient (Wildman–Crippen LogP) is 1.85. The van der Waals surface area contributed by atoms with Crippen molar-refractivity contribution in [2.75, 3.05) is 25.6 Å². The third-order valence-electron chi connectivity index (χ3n) is 3.89. The zero-order valence-corrected chi connectivity index (χ0v) is 11.6. The Morgan fingerprint density at radius 1 is 1.40 bits per heavy atom. The summed E-state index contributed by atoms with van der Waals surface area (Å²) in [5.41, 5.74) is 1.86. The largest absolute Gasteiger partial charge is 0.482 e. The van der Waals surface area contributed by atoms with Crippen molar-refractivity contribution in [1.82, 2.24) is 5.32 Å². The predicted molar refractivity (Wildman–Crippen MR) is 76.0 cm³/mol. The van der Waals surface area contributed by atoms with E-state index >= 15 is 0 Å². The Hall–Kier alpha value is -1.59.